The van der Waals surface area contributed by atoms with Gasteiger partial charge in [-0.05, 0) is 19.7 Å². The van der Waals surface area contributed by atoms with Crippen molar-refractivity contribution in [2.45, 2.75) is 5.78 Å². The number of rotatable bonds is 3. The van der Waals surface area contributed by atoms with Crippen molar-refractivity contribution in [1.29, 1.82) is 0 Å². The Balaban J connectivity index is 3.01. The minimum Gasteiger partial charge on any atom is -0.806 e. The maximum Gasteiger partial charge on any atom is 0.135 e. The van der Waals surface area contributed by atoms with Gasteiger partial charge in [0.05, 0.1) is 7.11 Å². The fraction of sp³-hybridized carbons (Fsp3) is 0.250. The zero-order valence-corrected chi connectivity index (χ0v) is 8.57. The first-order valence-electron chi connectivity index (χ1n) is 3.94. The van der Waals surface area contributed by atoms with E-state index in [1.165, 1.54) is 19.2 Å². The Morgan fingerprint density at radius 1 is 1.50 bits per heavy atom. The van der Waals surface area contributed by atoms with Gasteiger partial charge in [0.1, 0.15) is 11.5 Å². The molecule has 0 saturated heterocycles. The molecule has 6 heteroatoms. The SMILES string of the molecule is COc1cccc([C@H]([NH3+])P(=O)([O-])[O-])c1. The summed E-state index contributed by atoms with van der Waals surface area (Å²) in [6.07, 6.45) is 0. The summed E-state index contributed by atoms with van der Waals surface area (Å²) in [6, 6.07) is 6.29. The standard InChI is InChI=1S/C8H12NO4P/c1-13-7-4-2-3-6(5-7)8(9)14(10,11)12/h2-5,8H,9H2,1H3,(H2,10,11,12)/p-1/t8-/m1/s1. The second-order valence-electron chi connectivity index (χ2n) is 2.83. The number of hydrogen-bond donors (Lipinski definition) is 1. The summed E-state index contributed by atoms with van der Waals surface area (Å²) in [5.41, 5.74) is 3.66. The predicted molar refractivity (Wildman–Crippen MR) is 46.2 cm³/mol. The maximum absolute atomic E-state index is 10.7. The molecule has 0 spiro atoms. The van der Waals surface area contributed by atoms with Crippen molar-refractivity contribution < 1.29 is 24.8 Å². The van der Waals surface area contributed by atoms with E-state index in [1.807, 2.05) is 0 Å². The highest BCUT2D eigenvalue weighted by atomic mass is 31.2. The minimum absolute atomic E-state index is 0.345. The lowest BCUT2D eigenvalue weighted by Crippen LogP contribution is -2.56. The lowest BCUT2D eigenvalue weighted by atomic mass is 10.2. The van der Waals surface area contributed by atoms with Gasteiger partial charge in [0.15, 0.2) is 0 Å². The van der Waals surface area contributed by atoms with Crippen molar-refractivity contribution in [1.82, 2.24) is 0 Å². The van der Waals surface area contributed by atoms with Crippen LogP contribution in [0.1, 0.15) is 11.3 Å². The van der Waals surface area contributed by atoms with Crippen molar-refractivity contribution in [2.75, 3.05) is 7.11 Å². The van der Waals surface area contributed by atoms with Gasteiger partial charge in [-0.3, -0.25) is 0 Å². The van der Waals surface area contributed by atoms with E-state index in [2.05, 4.69) is 5.73 Å². The highest BCUT2D eigenvalue weighted by Crippen LogP contribution is 2.38. The molecule has 0 aliphatic rings. The normalized spacial score (nSPS) is 13.7. The summed E-state index contributed by atoms with van der Waals surface area (Å²) < 4.78 is 15.6. The van der Waals surface area contributed by atoms with Crippen LogP contribution in [0.3, 0.4) is 0 Å². The van der Waals surface area contributed by atoms with Crippen LogP contribution in [0.5, 0.6) is 5.75 Å². The lowest BCUT2D eigenvalue weighted by Gasteiger charge is -2.32. The molecule has 1 rings (SSSR count). The zero-order valence-electron chi connectivity index (χ0n) is 7.67. The van der Waals surface area contributed by atoms with E-state index in [-0.39, 0.29) is 0 Å². The molecule has 5 nitrogen and oxygen atoms in total. The van der Waals surface area contributed by atoms with Gasteiger partial charge in [0.2, 0.25) is 0 Å². The second kappa shape index (κ2) is 4.11. The van der Waals surface area contributed by atoms with E-state index in [9.17, 15) is 14.4 Å². The molecule has 0 fully saturated rings. The van der Waals surface area contributed by atoms with E-state index in [4.69, 9.17) is 4.74 Å². The van der Waals surface area contributed by atoms with Crippen molar-refractivity contribution in [3.8, 4) is 5.75 Å². The third-order valence-electron chi connectivity index (χ3n) is 1.86. The van der Waals surface area contributed by atoms with E-state index >= 15 is 0 Å². The fourth-order valence-electron chi connectivity index (χ4n) is 1.03. The Kier molecular flexibility index (Phi) is 3.29. The number of ether oxygens (including phenoxy) is 1. The molecule has 0 aromatic heterocycles. The molecule has 1 atom stereocenters. The van der Waals surface area contributed by atoms with Crippen molar-refractivity contribution >= 4 is 7.60 Å². The molecule has 0 aliphatic heterocycles. The van der Waals surface area contributed by atoms with E-state index in [0.717, 1.165) is 0 Å². The van der Waals surface area contributed by atoms with Crippen LogP contribution in [0.25, 0.3) is 0 Å². The van der Waals surface area contributed by atoms with Gasteiger partial charge in [0, 0.05) is 5.56 Å². The zero-order chi connectivity index (χ0) is 10.8. The molecule has 3 N–H and O–H groups in total. The third kappa shape index (κ3) is 2.56. The quantitative estimate of drug-likeness (QED) is 0.644. The summed E-state index contributed by atoms with van der Waals surface area (Å²) in [5.74, 6) is -0.762. The topological polar surface area (TPSA) is 100 Å². The van der Waals surface area contributed by atoms with Gasteiger partial charge in [-0.25, -0.2) is 0 Å². The van der Waals surface area contributed by atoms with Crippen LogP contribution in [0.15, 0.2) is 24.3 Å². The molecule has 0 bridgehead atoms. The number of benzene rings is 1. The highest BCUT2D eigenvalue weighted by molar-refractivity contribution is 7.48. The average Bonchev–Trinajstić information content (AvgIpc) is 2.15. The minimum atomic E-state index is -4.68. The Morgan fingerprint density at radius 2 is 2.14 bits per heavy atom. The third-order valence-corrected chi connectivity index (χ3v) is 2.92. The second-order valence-corrected chi connectivity index (χ2v) is 4.54. The molecule has 0 saturated carbocycles. The average molecular weight is 216 g/mol. The summed E-state index contributed by atoms with van der Waals surface area (Å²) in [5, 5.41) is 0. The van der Waals surface area contributed by atoms with Crippen LogP contribution in [-0.2, 0) is 4.57 Å². The Labute approximate surface area is 81.7 Å². The van der Waals surface area contributed by atoms with Gasteiger partial charge >= 0.3 is 0 Å². The smallest absolute Gasteiger partial charge is 0.135 e. The van der Waals surface area contributed by atoms with Crippen LogP contribution in [0, 0.1) is 0 Å². The van der Waals surface area contributed by atoms with Crippen LogP contribution < -0.4 is 20.3 Å². The first-order chi connectivity index (χ1) is 6.45. The molecule has 1 aromatic carbocycles. The van der Waals surface area contributed by atoms with Gasteiger partial charge in [0.25, 0.3) is 0 Å². The summed E-state index contributed by atoms with van der Waals surface area (Å²) in [7, 11) is -3.21. The summed E-state index contributed by atoms with van der Waals surface area (Å²) in [6.45, 7) is 0. The maximum atomic E-state index is 10.7. The predicted octanol–water partition coefficient (Wildman–Crippen LogP) is -1.15. The van der Waals surface area contributed by atoms with Gasteiger partial charge in [-0.1, -0.05) is 12.1 Å². The van der Waals surface area contributed by atoms with Crippen molar-refractivity contribution in [2.24, 2.45) is 0 Å². The molecule has 0 radical (unpaired) electrons. The van der Waals surface area contributed by atoms with Gasteiger partial charge in [-0.2, -0.15) is 0 Å². The monoisotopic (exact) mass is 216 g/mol. The molecule has 78 valence electrons. The van der Waals surface area contributed by atoms with Crippen LogP contribution in [-0.4, -0.2) is 7.11 Å². The number of hydrogen-bond acceptors (Lipinski definition) is 4. The molecule has 0 heterocycles. The molecular weight excluding hydrogens is 205 g/mol. The molecule has 0 unspecified atom stereocenters. The van der Waals surface area contributed by atoms with Gasteiger partial charge in [-0.15, -0.1) is 0 Å². The van der Waals surface area contributed by atoms with E-state index < -0.39 is 13.4 Å². The van der Waals surface area contributed by atoms with Crippen molar-refractivity contribution in [3.05, 3.63) is 29.8 Å². The number of quaternary nitrogens is 1. The molecule has 0 amide bonds. The summed E-state index contributed by atoms with van der Waals surface area (Å²) >= 11 is 0. The molecule has 1 aromatic rings. The molecule has 14 heavy (non-hydrogen) atoms. The summed E-state index contributed by atoms with van der Waals surface area (Å²) in [4.78, 5) is 21.4. The first kappa shape index (κ1) is 11.2. The Morgan fingerprint density at radius 3 is 2.64 bits per heavy atom. The van der Waals surface area contributed by atoms with E-state index in [1.54, 1.807) is 12.1 Å². The van der Waals surface area contributed by atoms with E-state index in [0.29, 0.717) is 11.3 Å². The highest BCUT2D eigenvalue weighted by Gasteiger charge is 2.13. The first-order valence-corrected chi connectivity index (χ1v) is 5.55. The van der Waals surface area contributed by atoms with Crippen molar-refractivity contribution in [3.63, 3.8) is 0 Å². The fourth-order valence-corrected chi connectivity index (χ4v) is 1.56. The largest absolute Gasteiger partial charge is 0.806 e. The van der Waals surface area contributed by atoms with Crippen LogP contribution in [0.2, 0.25) is 0 Å². The van der Waals surface area contributed by atoms with Crippen LogP contribution >= 0.6 is 7.60 Å². The molecular formula is C8H11NO4P-. The van der Waals surface area contributed by atoms with Gasteiger partial charge < -0.3 is 24.8 Å². The lowest BCUT2D eigenvalue weighted by molar-refractivity contribution is -0.434. The number of methoxy groups -OCH3 is 1. The molecule has 0 aliphatic carbocycles. The Hall–Kier alpha value is -0.870. The van der Waals surface area contributed by atoms with Crippen LogP contribution in [0.4, 0.5) is 0 Å². The Bertz CT molecular complexity index is 362.